The molecule has 1 aliphatic heterocycles. The molecule has 2 unspecified atom stereocenters. The molecule has 4 nitrogen and oxygen atoms in total. The number of aromatic nitrogens is 3. The first kappa shape index (κ1) is 12.8. The number of alkyl halides is 1. The Balaban J connectivity index is 1.99. The van der Waals surface area contributed by atoms with Gasteiger partial charge in [-0.3, -0.25) is 4.90 Å². The van der Waals surface area contributed by atoms with Crippen molar-refractivity contribution in [3.8, 4) is 0 Å². The molecule has 1 fully saturated rings. The van der Waals surface area contributed by atoms with E-state index in [1.165, 1.54) is 6.42 Å². The largest absolute Gasteiger partial charge is 0.294 e. The van der Waals surface area contributed by atoms with Crippen molar-refractivity contribution >= 4 is 11.6 Å². The monoisotopic (exact) mass is 256 g/mol. The molecule has 0 N–H and O–H groups in total. The quantitative estimate of drug-likeness (QED) is 0.779. The van der Waals surface area contributed by atoms with Crippen molar-refractivity contribution in [3.63, 3.8) is 0 Å². The summed E-state index contributed by atoms with van der Waals surface area (Å²) in [5.41, 5.74) is 0. The summed E-state index contributed by atoms with van der Waals surface area (Å²) in [6.45, 7) is 9.39. The fourth-order valence-corrected chi connectivity index (χ4v) is 2.57. The van der Waals surface area contributed by atoms with Crippen LogP contribution >= 0.6 is 11.6 Å². The van der Waals surface area contributed by atoms with Crippen molar-refractivity contribution in [2.24, 2.45) is 5.92 Å². The molecule has 5 heteroatoms. The van der Waals surface area contributed by atoms with Crippen molar-refractivity contribution in [3.05, 3.63) is 12.2 Å². The Morgan fingerprint density at radius 3 is 2.94 bits per heavy atom. The third kappa shape index (κ3) is 2.99. The maximum Gasteiger partial charge on any atom is 0.141 e. The fraction of sp³-hybridized carbons (Fsp3) is 0.833. The van der Waals surface area contributed by atoms with Gasteiger partial charge in [-0.1, -0.05) is 6.92 Å². The van der Waals surface area contributed by atoms with Gasteiger partial charge in [-0.05, 0) is 32.7 Å². The van der Waals surface area contributed by atoms with E-state index in [0.717, 1.165) is 25.5 Å². The Bertz CT molecular complexity index is 363. The zero-order chi connectivity index (χ0) is 12.4. The van der Waals surface area contributed by atoms with Crippen molar-refractivity contribution in [1.82, 2.24) is 19.7 Å². The molecule has 0 bridgehead atoms. The summed E-state index contributed by atoms with van der Waals surface area (Å²) in [7, 11) is 0. The van der Waals surface area contributed by atoms with Crippen molar-refractivity contribution in [2.45, 2.75) is 45.2 Å². The number of rotatable bonds is 3. The second kappa shape index (κ2) is 5.36. The van der Waals surface area contributed by atoms with Crippen molar-refractivity contribution < 1.29 is 0 Å². The van der Waals surface area contributed by atoms with Crippen LogP contribution in [0.15, 0.2) is 6.33 Å². The fourth-order valence-electron chi connectivity index (χ4n) is 2.25. The lowest BCUT2D eigenvalue weighted by Crippen LogP contribution is -2.40. The summed E-state index contributed by atoms with van der Waals surface area (Å²) in [4.78, 5) is 6.72. The van der Waals surface area contributed by atoms with E-state index in [2.05, 4.69) is 35.8 Å². The lowest BCUT2D eigenvalue weighted by atomic mass is 9.99. The molecule has 0 saturated carbocycles. The van der Waals surface area contributed by atoms with Gasteiger partial charge >= 0.3 is 0 Å². The van der Waals surface area contributed by atoms with E-state index in [4.69, 9.17) is 11.6 Å². The van der Waals surface area contributed by atoms with E-state index >= 15 is 0 Å². The van der Waals surface area contributed by atoms with Gasteiger partial charge in [0.25, 0.3) is 0 Å². The lowest BCUT2D eigenvalue weighted by molar-refractivity contribution is 0.181. The van der Waals surface area contributed by atoms with Crippen LogP contribution < -0.4 is 0 Å². The summed E-state index contributed by atoms with van der Waals surface area (Å²) in [5, 5.41) is 4.52. The second-order valence-electron chi connectivity index (χ2n) is 5.23. The summed E-state index contributed by atoms with van der Waals surface area (Å²) in [6.07, 6.45) is 2.81. The van der Waals surface area contributed by atoms with Crippen LogP contribution in [0, 0.1) is 5.92 Å². The van der Waals surface area contributed by atoms with Gasteiger partial charge in [0, 0.05) is 18.0 Å². The number of hydrogen-bond acceptors (Lipinski definition) is 3. The molecule has 2 atom stereocenters. The van der Waals surface area contributed by atoms with Gasteiger partial charge in [-0.25, -0.2) is 9.67 Å². The summed E-state index contributed by atoms with van der Waals surface area (Å²) in [5.74, 6) is 1.66. The van der Waals surface area contributed by atoms with Crippen LogP contribution in [-0.2, 0) is 6.54 Å². The van der Waals surface area contributed by atoms with Crippen LogP contribution in [0.2, 0.25) is 0 Å². The third-order valence-electron chi connectivity index (χ3n) is 3.45. The maximum atomic E-state index is 6.32. The molecule has 1 aromatic heterocycles. The van der Waals surface area contributed by atoms with Gasteiger partial charge in [0.05, 0.1) is 6.54 Å². The van der Waals surface area contributed by atoms with E-state index < -0.39 is 0 Å². The number of piperidine rings is 1. The molecule has 1 aliphatic rings. The normalized spacial score (nSPS) is 26.6. The van der Waals surface area contributed by atoms with E-state index in [-0.39, 0.29) is 5.38 Å². The smallest absolute Gasteiger partial charge is 0.141 e. The van der Waals surface area contributed by atoms with Crippen LogP contribution in [0.5, 0.6) is 0 Å². The van der Waals surface area contributed by atoms with Crippen LogP contribution in [-0.4, -0.2) is 38.1 Å². The Morgan fingerprint density at radius 1 is 1.53 bits per heavy atom. The first-order valence-electron chi connectivity index (χ1n) is 6.32. The molecular formula is C12H21ClN4. The number of halogens is 1. The highest BCUT2D eigenvalue weighted by Crippen LogP contribution is 2.22. The van der Waals surface area contributed by atoms with Crippen LogP contribution in [0.3, 0.4) is 0 Å². The standard InChI is InChI=1S/C12H21ClN4/c1-9(2)17-12(14-8-15-17)7-16-5-4-10(3)11(13)6-16/h8-11H,4-7H2,1-3H3. The van der Waals surface area contributed by atoms with Crippen molar-refractivity contribution in [2.75, 3.05) is 13.1 Å². The predicted molar refractivity (Wildman–Crippen MR) is 69.1 cm³/mol. The minimum absolute atomic E-state index is 0.263. The van der Waals surface area contributed by atoms with Crippen molar-refractivity contribution in [1.29, 1.82) is 0 Å². The van der Waals surface area contributed by atoms with Gasteiger partial charge in [-0.15, -0.1) is 11.6 Å². The Morgan fingerprint density at radius 2 is 2.29 bits per heavy atom. The molecule has 0 amide bonds. The van der Waals surface area contributed by atoms with Gasteiger partial charge in [0.1, 0.15) is 12.2 Å². The van der Waals surface area contributed by atoms with E-state index in [0.29, 0.717) is 12.0 Å². The maximum absolute atomic E-state index is 6.32. The molecule has 2 heterocycles. The molecule has 0 spiro atoms. The molecule has 0 aromatic carbocycles. The Kier molecular flexibility index (Phi) is 4.05. The SMILES string of the molecule is CC1CCN(Cc2ncnn2C(C)C)CC1Cl. The first-order valence-corrected chi connectivity index (χ1v) is 6.76. The zero-order valence-electron chi connectivity index (χ0n) is 10.8. The molecule has 96 valence electrons. The molecule has 0 aliphatic carbocycles. The molecule has 1 aromatic rings. The molecule has 0 radical (unpaired) electrons. The third-order valence-corrected chi connectivity index (χ3v) is 4.02. The van der Waals surface area contributed by atoms with Crippen LogP contribution in [0.1, 0.15) is 39.1 Å². The number of nitrogens with zero attached hydrogens (tertiary/aromatic N) is 4. The van der Waals surface area contributed by atoms with Crippen LogP contribution in [0.25, 0.3) is 0 Å². The lowest BCUT2D eigenvalue weighted by Gasteiger charge is -2.33. The van der Waals surface area contributed by atoms with Gasteiger partial charge in [-0.2, -0.15) is 5.10 Å². The molecule has 1 saturated heterocycles. The topological polar surface area (TPSA) is 34.0 Å². The second-order valence-corrected chi connectivity index (χ2v) is 5.79. The molecular weight excluding hydrogens is 236 g/mol. The first-order chi connectivity index (χ1) is 8.08. The molecule has 17 heavy (non-hydrogen) atoms. The Labute approximate surface area is 108 Å². The predicted octanol–water partition coefficient (Wildman–Crippen LogP) is 2.31. The highest BCUT2D eigenvalue weighted by atomic mass is 35.5. The average molecular weight is 257 g/mol. The van der Waals surface area contributed by atoms with E-state index in [1.54, 1.807) is 6.33 Å². The average Bonchev–Trinajstić information content (AvgIpc) is 2.72. The Hall–Kier alpha value is -0.610. The summed E-state index contributed by atoms with van der Waals surface area (Å²) < 4.78 is 1.99. The number of likely N-dealkylation sites (tertiary alicyclic amines) is 1. The highest BCUT2D eigenvalue weighted by molar-refractivity contribution is 6.21. The van der Waals surface area contributed by atoms with Gasteiger partial charge in [0.2, 0.25) is 0 Å². The van der Waals surface area contributed by atoms with Gasteiger partial charge in [0.15, 0.2) is 0 Å². The minimum atomic E-state index is 0.263. The number of hydrogen-bond donors (Lipinski definition) is 0. The van der Waals surface area contributed by atoms with Gasteiger partial charge < -0.3 is 0 Å². The summed E-state index contributed by atoms with van der Waals surface area (Å²) >= 11 is 6.32. The highest BCUT2D eigenvalue weighted by Gasteiger charge is 2.25. The minimum Gasteiger partial charge on any atom is -0.294 e. The zero-order valence-corrected chi connectivity index (χ0v) is 11.6. The molecule has 2 rings (SSSR count). The van der Waals surface area contributed by atoms with E-state index in [1.807, 2.05) is 4.68 Å². The summed E-state index contributed by atoms with van der Waals surface area (Å²) in [6, 6.07) is 0.364. The van der Waals surface area contributed by atoms with E-state index in [9.17, 15) is 0 Å². The van der Waals surface area contributed by atoms with Crippen LogP contribution in [0.4, 0.5) is 0 Å².